The van der Waals surface area contributed by atoms with E-state index in [1.807, 2.05) is 62.4 Å². The molecule has 1 rings (SSSR count). The van der Waals surface area contributed by atoms with E-state index in [4.69, 9.17) is 11.1 Å². The molecule has 1 aromatic carbocycles. The first-order valence-corrected chi connectivity index (χ1v) is 5.43. The molecule has 0 unspecified atom stereocenters. The Bertz CT molecular complexity index is 468. The molecule has 0 aliphatic heterocycles. The van der Waals surface area contributed by atoms with Gasteiger partial charge >= 0.3 is 0 Å². The van der Waals surface area contributed by atoms with Crippen LogP contribution < -0.4 is 5.73 Å². The summed E-state index contributed by atoms with van der Waals surface area (Å²) < 4.78 is 0. The molecule has 3 N–H and O–H groups in total. The van der Waals surface area contributed by atoms with E-state index in [2.05, 4.69) is 4.99 Å². The molecule has 0 spiro atoms. The summed E-state index contributed by atoms with van der Waals surface area (Å²) in [6.45, 7) is 3.76. The summed E-state index contributed by atoms with van der Waals surface area (Å²) in [4.78, 5) is 4.08. The minimum absolute atomic E-state index is 0.185. The van der Waals surface area contributed by atoms with Crippen molar-refractivity contribution in [2.45, 2.75) is 13.8 Å². The van der Waals surface area contributed by atoms with Gasteiger partial charge in [0.2, 0.25) is 0 Å². The lowest BCUT2D eigenvalue weighted by atomic mass is 10.2. The van der Waals surface area contributed by atoms with Gasteiger partial charge in [0.25, 0.3) is 0 Å². The van der Waals surface area contributed by atoms with Crippen LogP contribution in [0.2, 0.25) is 0 Å². The molecule has 0 bridgehead atoms. The Morgan fingerprint density at radius 2 is 1.94 bits per heavy atom. The molecule has 0 aliphatic rings. The van der Waals surface area contributed by atoms with Crippen molar-refractivity contribution in [3.8, 4) is 0 Å². The minimum Gasteiger partial charge on any atom is -0.383 e. The number of nitrogens with one attached hydrogen (secondary N) is 1. The molecule has 0 fully saturated rings. The number of benzene rings is 1. The van der Waals surface area contributed by atoms with Crippen LogP contribution in [0, 0.1) is 5.41 Å². The fourth-order valence-corrected chi connectivity index (χ4v) is 1.20. The lowest BCUT2D eigenvalue weighted by Gasteiger charge is -2.01. The van der Waals surface area contributed by atoms with Crippen LogP contribution in [0.1, 0.15) is 19.4 Å². The summed E-state index contributed by atoms with van der Waals surface area (Å²) in [7, 11) is 0. The van der Waals surface area contributed by atoms with Gasteiger partial charge in [0.15, 0.2) is 0 Å². The van der Waals surface area contributed by atoms with Crippen LogP contribution in [0.15, 0.2) is 59.1 Å². The largest absolute Gasteiger partial charge is 0.383 e. The van der Waals surface area contributed by atoms with Gasteiger partial charge in [0.1, 0.15) is 11.7 Å². The molecular weight excluding hydrogens is 210 g/mol. The molecular formula is C14H17N3. The Morgan fingerprint density at radius 3 is 2.53 bits per heavy atom. The van der Waals surface area contributed by atoms with Gasteiger partial charge in [-0.1, -0.05) is 48.6 Å². The lowest BCUT2D eigenvalue weighted by molar-refractivity contribution is 1.37. The summed E-state index contributed by atoms with van der Waals surface area (Å²) in [5, 5.41) is 7.78. The van der Waals surface area contributed by atoms with Crippen molar-refractivity contribution < 1.29 is 0 Å². The van der Waals surface area contributed by atoms with E-state index in [0.29, 0.717) is 5.84 Å². The normalized spacial score (nSPS) is 13.1. The fourth-order valence-electron chi connectivity index (χ4n) is 1.20. The zero-order valence-electron chi connectivity index (χ0n) is 10.1. The van der Waals surface area contributed by atoms with E-state index in [0.717, 1.165) is 11.1 Å². The number of hydrogen-bond donors (Lipinski definition) is 2. The van der Waals surface area contributed by atoms with Crippen molar-refractivity contribution in [2.75, 3.05) is 0 Å². The van der Waals surface area contributed by atoms with Gasteiger partial charge < -0.3 is 5.73 Å². The maximum absolute atomic E-state index is 7.78. The molecule has 0 atom stereocenters. The van der Waals surface area contributed by atoms with Crippen molar-refractivity contribution in [3.63, 3.8) is 0 Å². The Morgan fingerprint density at radius 1 is 1.29 bits per heavy atom. The summed E-state index contributed by atoms with van der Waals surface area (Å²) in [6, 6.07) is 9.45. The predicted octanol–water partition coefficient (Wildman–Crippen LogP) is 2.89. The molecule has 3 nitrogen and oxygen atoms in total. The predicted molar refractivity (Wildman–Crippen MR) is 73.5 cm³/mol. The highest BCUT2D eigenvalue weighted by Gasteiger charge is 2.00. The van der Waals surface area contributed by atoms with E-state index in [1.165, 1.54) is 0 Å². The molecule has 0 heterocycles. The van der Waals surface area contributed by atoms with E-state index in [-0.39, 0.29) is 5.84 Å². The molecule has 0 saturated heterocycles. The van der Waals surface area contributed by atoms with Crippen molar-refractivity contribution in [1.29, 1.82) is 5.41 Å². The number of allylic oxidation sites excluding steroid dienone is 3. The van der Waals surface area contributed by atoms with E-state index in [9.17, 15) is 0 Å². The van der Waals surface area contributed by atoms with E-state index >= 15 is 0 Å². The Kier molecular flexibility index (Phi) is 4.88. The number of nitrogens with zero attached hydrogens (tertiary/aromatic N) is 1. The van der Waals surface area contributed by atoms with Crippen molar-refractivity contribution in [1.82, 2.24) is 0 Å². The standard InChI is InChI=1S/C14H17N3/c1-3-4-8-11(2)13(15)17-14(16)12-9-6-5-7-10-12/h3-10H,1-2H3,(H3,15,16,17)/b4-3?,11-8+. The zero-order valence-corrected chi connectivity index (χ0v) is 10.1. The molecule has 0 aliphatic carbocycles. The number of hydrogen-bond acceptors (Lipinski definition) is 1. The molecule has 3 heteroatoms. The number of amidine groups is 2. The van der Waals surface area contributed by atoms with Gasteiger partial charge in [-0.05, 0) is 19.4 Å². The second-order valence-electron chi connectivity index (χ2n) is 3.59. The smallest absolute Gasteiger partial charge is 0.149 e. The third-order valence-corrected chi connectivity index (χ3v) is 2.21. The quantitative estimate of drug-likeness (QED) is 0.465. The molecule has 88 valence electrons. The SMILES string of the molecule is CC=C/C=C(\C)C(=N)N=C(N)c1ccccc1. The second kappa shape index (κ2) is 6.43. The monoisotopic (exact) mass is 227 g/mol. The second-order valence-corrected chi connectivity index (χ2v) is 3.59. The van der Waals surface area contributed by atoms with Crippen LogP contribution in [-0.2, 0) is 0 Å². The Hall–Kier alpha value is -2.16. The number of rotatable bonds is 3. The first kappa shape index (κ1) is 12.9. The van der Waals surface area contributed by atoms with E-state index in [1.54, 1.807) is 0 Å². The summed E-state index contributed by atoms with van der Waals surface area (Å²) >= 11 is 0. The summed E-state index contributed by atoms with van der Waals surface area (Å²) in [5.74, 6) is 0.549. The van der Waals surface area contributed by atoms with Gasteiger partial charge in [0.05, 0.1) is 0 Å². The lowest BCUT2D eigenvalue weighted by Crippen LogP contribution is -2.15. The van der Waals surface area contributed by atoms with Gasteiger partial charge in [0, 0.05) is 5.56 Å². The fraction of sp³-hybridized carbons (Fsp3) is 0.143. The highest BCUT2D eigenvalue weighted by Crippen LogP contribution is 2.02. The maximum atomic E-state index is 7.78. The molecule has 0 aromatic heterocycles. The maximum Gasteiger partial charge on any atom is 0.149 e. The topological polar surface area (TPSA) is 62.2 Å². The first-order chi connectivity index (χ1) is 8.15. The molecule has 0 amide bonds. The molecule has 1 aromatic rings. The highest BCUT2D eigenvalue weighted by atomic mass is 14.9. The first-order valence-electron chi connectivity index (χ1n) is 5.43. The number of nitrogens with two attached hydrogens (primary N) is 1. The van der Waals surface area contributed by atoms with Crippen LogP contribution in [0.3, 0.4) is 0 Å². The zero-order chi connectivity index (χ0) is 12.7. The van der Waals surface area contributed by atoms with Gasteiger partial charge in [-0.25, -0.2) is 4.99 Å². The molecule has 0 saturated carbocycles. The van der Waals surface area contributed by atoms with Crippen LogP contribution >= 0.6 is 0 Å². The van der Waals surface area contributed by atoms with Crippen LogP contribution in [-0.4, -0.2) is 11.7 Å². The van der Waals surface area contributed by atoms with Crippen LogP contribution in [0.4, 0.5) is 0 Å². The van der Waals surface area contributed by atoms with Crippen molar-refractivity contribution in [2.24, 2.45) is 10.7 Å². The van der Waals surface area contributed by atoms with Gasteiger partial charge in [-0.2, -0.15) is 0 Å². The molecule has 17 heavy (non-hydrogen) atoms. The summed E-state index contributed by atoms with van der Waals surface area (Å²) in [6.07, 6.45) is 5.61. The third kappa shape index (κ3) is 4.07. The Balaban J connectivity index is 2.86. The summed E-state index contributed by atoms with van der Waals surface area (Å²) in [5.41, 5.74) is 7.44. The van der Waals surface area contributed by atoms with Crippen molar-refractivity contribution >= 4 is 11.7 Å². The van der Waals surface area contributed by atoms with E-state index < -0.39 is 0 Å². The van der Waals surface area contributed by atoms with Gasteiger partial charge in [-0.15, -0.1) is 0 Å². The average Bonchev–Trinajstić information content (AvgIpc) is 2.36. The van der Waals surface area contributed by atoms with Gasteiger partial charge in [-0.3, -0.25) is 5.41 Å². The average molecular weight is 227 g/mol. The van der Waals surface area contributed by atoms with Crippen LogP contribution in [0.5, 0.6) is 0 Å². The van der Waals surface area contributed by atoms with Crippen LogP contribution in [0.25, 0.3) is 0 Å². The highest BCUT2D eigenvalue weighted by molar-refractivity contribution is 6.09. The minimum atomic E-state index is 0.185. The Labute approximate surface area is 102 Å². The third-order valence-electron chi connectivity index (χ3n) is 2.21. The molecule has 0 radical (unpaired) electrons. The number of aliphatic imine (C=N–C) groups is 1. The van der Waals surface area contributed by atoms with Crippen molar-refractivity contribution in [3.05, 3.63) is 59.7 Å².